The summed E-state index contributed by atoms with van der Waals surface area (Å²) in [7, 11) is 3.76. The van der Waals surface area contributed by atoms with E-state index >= 15 is 0 Å². The second-order valence-electron chi connectivity index (χ2n) is 8.15. The van der Waals surface area contributed by atoms with Gasteiger partial charge in [-0.2, -0.15) is 13.2 Å². The Morgan fingerprint density at radius 1 is 1.05 bits per heavy atom. The number of ether oxygens (including phenoxy) is 2. The van der Waals surface area contributed by atoms with Crippen LogP contribution in [0.25, 0.3) is 5.69 Å². The molecule has 0 unspecified atom stereocenters. The molecule has 1 fully saturated rings. The van der Waals surface area contributed by atoms with Gasteiger partial charge in [-0.15, -0.1) is 0 Å². The number of rotatable bonds is 6. The molecule has 0 aliphatic carbocycles. The molecule has 0 atom stereocenters. The number of benzene rings is 2. The normalized spacial score (nSPS) is 14.8. The molecule has 206 valence electrons. The molecular weight excluding hydrogens is 568 g/mol. The van der Waals surface area contributed by atoms with Crippen LogP contribution in [0.1, 0.15) is 11.3 Å². The highest BCUT2D eigenvalue weighted by Gasteiger charge is 2.35. The van der Waals surface area contributed by atoms with E-state index in [9.17, 15) is 31.9 Å². The van der Waals surface area contributed by atoms with Gasteiger partial charge in [0.15, 0.2) is 16.7 Å². The number of carbonyl (C=O) groups excluding carboxylic acids is 1. The minimum absolute atomic E-state index is 0.0523. The molecule has 4 rings (SSSR count). The summed E-state index contributed by atoms with van der Waals surface area (Å²) in [6, 6.07) is 7.01. The van der Waals surface area contributed by atoms with E-state index in [4.69, 9.17) is 21.1 Å². The predicted molar refractivity (Wildman–Crippen MR) is 137 cm³/mol. The van der Waals surface area contributed by atoms with Crippen molar-refractivity contribution in [3.05, 3.63) is 79.3 Å². The van der Waals surface area contributed by atoms with Crippen LogP contribution >= 0.6 is 23.4 Å². The van der Waals surface area contributed by atoms with Crippen molar-refractivity contribution in [1.29, 1.82) is 0 Å². The maximum atomic E-state index is 14.9. The van der Waals surface area contributed by atoms with Gasteiger partial charge in [-0.25, -0.2) is 18.7 Å². The highest BCUT2D eigenvalue weighted by Crippen LogP contribution is 2.34. The lowest BCUT2D eigenvalue weighted by Crippen LogP contribution is -2.41. The Kier molecular flexibility index (Phi) is 7.80. The number of aromatic nitrogens is 2. The highest BCUT2D eigenvalue weighted by atomic mass is 35.5. The van der Waals surface area contributed by atoms with Crippen molar-refractivity contribution in [2.45, 2.75) is 12.7 Å². The topological polar surface area (TPSA) is 95.1 Å². The number of carbonyl (C=O) groups is 1. The van der Waals surface area contributed by atoms with E-state index in [2.05, 4.69) is 4.99 Å². The van der Waals surface area contributed by atoms with Gasteiger partial charge in [0.05, 0.1) is 42.9 Å². The summed E-state index contributed by atoms with van der Waals surface area (Å²) in [5.74, 6) is -0.424. The molecule has 0 saturated carbocycles. The van der Waals surface area contributed by atoms with Crippen molar-refractivity contribution < 1.29 is 31.8 Å². The van der Waals surface area contributed by atoms with Crippen LogP contribution < -0.4 is 20.7 Å². The molecule has 1 saturated heterocycles. The lowest BCUT2D eigenvalue weighted by molar-refractivity contribution is -0.144. The summed E-state index contributed by atoms with van der Waals surface area (Å²) in [5, 5.41) is -0.0199. The number of amides is 1. The minimum Gasteiger partial charge on any atom is -0.493 e. The summed E-state index contributed by atoms with van der Waals surface area (Å²) >= 11 is 7.25. The van der Waals surface area contributed by atoms with Crippen LogP contribution in [-0.2, 0) is 24.6 Å². The van der Waals surface area contributed by atoms with Crippen molar-refractivity contribution in [2.75, 3.05) is 20.0 Å². The van der Waals surface area contributed by atoms with Crippen molar-refractivity contribution in [3.63, 3.8) is 0 Å². The van der Waals surface area contributed by atoms with Gasteiger partial charge in [-0.05, 0) is 29.8 Å². The lowest BCUT2D eigenvalue weighted by atomic mass is 10.2. The maximum Gasteiger partial charge on any atom is 0.431 e. The zero-order valence-corrected chi connectivity index (χ0v) is 22.1. The van der Waals surface area contributed by atoms with Gasteiger partial charge in [0.25, 0.3) is 5.56 Å². The Labute approximate surface area is 227 Å². The Balaban J connectivity index is 1.77. The second kappa shape index (κ2) is 10.8. The summed E-state index contributed by atoms with van der Waals surface area (Å²) < 4.78 is 65.4. The number of thioether (sulfide) groups is 1. The molecule has 3 aromatic rings. The molecule has 9 nitrogen and oxygen atoms in total. The molecule has 1 aliphatic rings. The first kappa shape index (κ1) is 28.2. The van der Waals surface area contributed by atoms with E-state index in [1.165, 1.54) is 19.1 Å². The average Bonchev–Trinajstić information content (AvgIpc) is 3.21. The van der Waals surface area contributed by atoms with Gasteiger partial charge in [0.2, 0.25) is 5.91 Å². The second-order valence-corrected chi connectivity index (χ2v) is 9.50. The van der Waals surface area contributed by atoms with Crippen LogP contribution in [0.2, 0.25) is 5.02 Å². The van der Waals surface area contributed by atoms with Crippen LogP contribution in [0.4, 0.5) is 23.2 Å². The Morgan fingerprint density at radius 3 is 2.38 bits per heavy atom. The number of hydrogen-bond acceptors (Lipinski definition) is 7. The van der Waals surface area contributed by atoms with Gasteiger partial charge in [-0.1, -0.05) is 29.4 Å². The molecule has 1 aromatic heterocycles. The first-order valence-electron chi connectivity index (χ1n) is 11.0. The maximum absolute atomic E-state index is 14.9. The number of methoxy groups -OCH3 is 2. The van der Waals surface area contributed by atoms with Gasteiger partial charge >= 0.3 is 11.9 Å². The largest absolute Gasteiger partial charge is 0.493 e. The highest BCUT2D eigenvalue weighted by molar-refractivity contribution is 8.15. The molecular formula is C24H19ClF4N4O5S. The standard InChI is InChI=1S/C24H19ClF4N4O5S/c1-31-19(24(27,28)29)9-20(34)33(23(31)36)16-8-15(13(25)7-14(16)26)30-22-32(21(35)11-39-22)10-12-4-5-17(37-2)18(6-12)38-3/h4-9H,10-11H2,1-3H3. The monoisotopic (exact) mass is 586 g/mol. The quantitative estimate of drug-likeness (QED) is 0.403. The van der Waals surface area contributed by atoms with Crippen LogP contribution in [0.3, 0.4) is 0 Å². The molecule has 1 amide bonds. The first-order chi connectivity index (χ1) is 18.3. The van der Waals surface area contributed by atoms with Gasteiger partial charge in [-0.3, -0.25) is 19.1 Å². The molecule has 1 aliphatic heterocycles. The molecule has 0 radical (unpaired) electrons. The van der Waals surface area contributed by atoms with Crippen LogP contribution in [0, 0.1) is 5.82 Å². The molecule has 39 heavy (non-hydrogen) atoms. The van der Waals surface area contributed by atoms with E-state index < -0.39 is 34.6 Å². The third-order valence-electron chi connectivity index (χ3n) is 5.73. The molecule has 0 spiro atoms. The Hall–Kier alpha value is -3.78. The number of alkyl halides is 3. The minimum atomic E-state index is -4.98. The van der Waals surface area contributed by atoms with Crippen molar-refractivity contribution in [2.24, 2.45) is 12.0 Å². The van der Waals surface area contributed by atoms with Crippen molar-refractivity contribution >= 4 is 40.1 Å². The molecule has 2 aromatic carbocycles. The Bertz CT molecular complexity index is 1620. The zero-order valence-electron chi connectivity index (χ0n) is 20.5. The summed E-state index contributed by atoms with van der Waals surface area (Å²) in [6.07, 6.45) is -4.98. The number of aliphatic imine (C=N–C) groups is 1. The zero-order chi connectivity index (χ0) is 28.6. The number of nitrogens with zero attached hydrogens (tertiary/aromatic N) is 4. The molecule has 2 heterocycles. The summed E-state index contributed by atoms with van der Waals surface area (Å²) in [4.78, 5) is 43.5. The molecule has 15 heteroatoms. The van der Waals surface area contributed by atoms with E-state index in [0.29, 0.717) is 17.1 Å². The summed E-state index contributed by atoms with van der Waals surface area (Å²) in [6.45, 7) is 0.0929. The predicted octanol–water partition coefficient (Wildman–Crippen LogP) is 4.13. The van der Waals surface area contributed by atoms with Crippen molar-refractivity contribution in [3.8, 4) is 17.2 Å². The molecule has 0 N–H and O–H groups in total. The van der Waals surface area contributed by atoms with E-state index in [1.54, 1.807) is 18.2 Å². The SMILES string of the molecule is COc1ccc(CN2C(=O)CSC2=Nc2cc(-n3c(=O)cc(C(F)(F)F)n(C)c3=O)c(F)cc2Cl)cc1OC. The third kappa shape index (κ3) is 5.52. The Morgan fingerprint density at radius 2 is 1.74 bits per heavy atom. The van der Waals surface area contributed by atoms with Crippen molar-refractivity contribution in [1.82, 2.24) is 14.0 Å². The molecule has 0 bridgehead atoms. The van der Waals surface area contributed by atoms with Crippen LogP contribution in [-0.4, -0.2) is 45.1 Å². The fraction of sp³-hybridized carbons (Fsp3) is 0.250. The van der Waals surface area contributed by atoms with Crippen LogP contribution in [0.5, 0.6) is 11.5 Å². The van der Waals surface area contributed by atoms with E-state index in [1.807, 2.05) is 0 Å². The first-order valence-corrected chi connectivity index (χ1v) is 12.3. The fourth-order valence-corrected chi connectivity index (χ4v) is 4.89. The smallest absolute Gasteiger partial charge is 0.431 e. The average molecular weight is 587 g/mol. The summed E-state index contributed by atoms with van der Waals surface area (Å²) in [5.41, 5.74) is -4.40. The van der Waals surface area contributed by atoms with Gasteiger partial charge in [0, 0.05) is 13.1 Å². The number of halogens is 5. The lowest BCUT2D eigenvalue weighted by Gasteiger charge is -2.18. The van der Waals surface area contributed by atoms with Gasteiger partial charge in [0.1, 0.15) is 11.5 Å². The third-order valence-corrected chi connectivity index (χ3v) is 6.99. The van der Waals surface area contributed by atoms with E-state index in [-0.39, 0.29) is 49.3 Å². The van der Waals surface area contributed by atoms with Gasteiger partial charge < -0.3 is 9.47 Å². The van der Waals surface area contributed by atoms with Crippen LogP contribution in [0.15, 0.2) is 51.0 Å². The van der Waals surface area contributed by atoms with E-state index in [0.717, 1.165) is 30.9 Å². The fourth-order valence-electron chi connectivity index (χ4n) is 3.80. The number of amidine groups is 1. The number of hydrogen-bond donors (Lipinski definition) is 0.